The molecule has 7 heteroatoms. The van der Waals surface area contributed by atoms with Gasteiger partial charge >= 0.3 is 0 Å². The lowest BCUT2D eigenvalue weighted by Crippen LogP contribution is -2.26. The van der Waals surface area contributed by atoms with E-state index in [1.165, 1.54) is 6.07 Å². The number of nitrogens with zero attached hydrogens (tertiary/aromatic N) is 2. The topological polar surface area (TPSA) is 74.2 Å². The number of benzene rings is 1. The van der Waals surface area contributed by atoms with E-state index in [4.69, 9.17) is 15.0 Å². The van der Waals surface area contributed by atoms with Gasteiger partial charge in [-0.3, -0.25) is 0 Å². The number of hydrogen-bond donors (Lipinski definition) is 1. The van der Waals surface area contributed by atoms with Crippen LogP contribution in [-0.2, 0) is 4.74 Å². The maximum absolute atomic E-state index is 13.2. The molecule has 19 heavy (non-hydrogen) atoms. The molecule has 1 saturated heterocycles. The number of hydrogen-bond acceptors (Lipinski definition) is 5. The summed E-state index contributed by atoms with van der Waals surface area (Å²) in [5.41, 5.74) is 6.57. The van der Waals surface area contributed by atoms with Crippen molar-refractivity contribution in [2.45, 2.75) is 12.0 Å². The van der Waals surface area contributed by atoms with E-state index in [0.717, 1.165) is 0 Å². The fraction of sp³-hybridized carbons (Fsp3) is 0.333. The molecule has 2 atom stereocenters. The Bertz CT molecular complexity index is 604. The van der Waals surface area contributed by atoms with Crippen LogP contribution in [0, 0.1) is 5.82 Å². The lowest BCUT2D eigenvalue weighted by atomic mass is 10.1. The summed E-state index contributed by atoms with van der Waals surface area (Å²) in [6.45, 7) is 0.973. The molecule has 0 bridgehead atoms. The van der Waals surface area contributed by atoms with Crippen molar-refractivity contribution in [1.82, 2.24) is 10.1 Å². The fourth-order valence-electron chi connectivity index (χ4n) is 1.96. The smallest absolute Gasteiger partial charge is 0.234 e. The Labute approximate surface area is 117 Å². The molecule has 0 amide bonds. The predicted molar refractivity (Wildman–Crippen MR) is 68.9 cm³/mol. The van der Waals surface area contributed by atoms with Gasteiger partial charge in [0.05, 0.1) is 23.6 Å². The van der Waals surface area contributed by atoms with Gasteiger partial charge in [0.2, 0.25) is 11.7 Å². The van der Waals surface area contributed by atoms with Crippen LogP contribution >= 0.6 is 15.9 Å². The average Bonchev–Trinajstić information content (AvgIpc) is 3.01. The van der Waals surface area contributed by atoms with Gasteiger partial charge in [-0.15, -0.1) is 0 Å². The van der Waals surface area contributed by atoms with Crippen LogP contribution in [0.2, 0.25) is 0 Å². The van der Waals surface area contributed by atoms with E-state index in [0.29, 0.717) is 35.0 Å². The first-order valence-corrected chi connectivity index (χ1v) is 6.57. The van der Waals surface area contributed by atoms with Crippen LogP contribution < -0.4 is 5.73 Å². The standard InChI is InChI=1S/C12H11BrFN3O2/c13-8-3-6(1-2-9(8)14)11-16-12(19-17-11)7-4-18-5-10(7)15/h1-3,7,10H,4-5,15H2. The van der Waals surface area contributed by atoms with E-state index in [1.807, 2.05) is 0 Å². The summed E-state index contributed by atoms with van der Waals surface area (Å²) in [7, 11) is 0. The molecular weight excluding hydrogens is 317 g/mol. The summed E-state index contributed by atoms with van der Waals surface area (Å²) in [4.78, 5) is 4.30. The molecule has 0 radical (unpaired) electrons. The van der Waals surface area contributed by atoms with Crippen LogP contribution in [0.1, 0.15) is 11.8 Å². The highest BCUT2D eigenvalue weighted by molar-refractivity contribution is 9.10. The van der Waals surface area contributed by atoms with Gasteiger partial charge < -0.3 is 15.0 Å². The van der Waals surface area contributed by atoms with Crippen LogP contribution in [0.4, 0.5) is 4.39 Å². The molecule has 1 aliphatic heterocycles. The Morgan fingerprint density at radius 2 is 2.21 bits per heavy atom. The van der Waals surface area contributed by atoms with Crippen molar-refractivity contribution in [1.29, 1.82) is 0 Å². The first kappa shape index (κ1) is 12.7. The molecule has 1 fully saturated rings. The average molecular weight is 328 g/mol. The van der Waals surface area contributed by atoms with Crippen molar-refractivity contribution < 1.29 is 13.7 Å². The van der Waals surface area contributed by atoms with Gasteiger partial charge in [-0.2, -0.15) is 4.98 Å². The molecule has 5 nitrogen and oxygen atoms in total. The minimum Gasteiger partial charge on any atom is -0.379 e. The summed E-state index contributed by atoms with van der Waals surface area (Å²) < 4.78 is 24.0. The molecule has 1 aromatic carbocycles. The van der Waals surface area contributed by atoms with E-state index in [-0.39, 0.29) is 17.8 Å². The van der Waals surface area contributed by atoms with Crippen molar-refractivity contribution in [3.05, 3.63) is 34.4 Å². The Morgan fingerprint density at radius 3 is 2.89 bits per heavy atom. The lowest BCUT2D eigenvalue weighted by Gasteiger charge is -2.06. The number of ether oxygens (including phenoxy) is 1. The monoisotopic (exact) mass is 327 g/mol. The van der Waals surface area contributed by atoms with Gasteiger partial charge in [0, 0.05) is 11.6 Å². The molecule has 2 heterocycles. The maximum atomic E-state index is 13.2. The maximum Gasteiger partial charge on any atom is 0.234 e. The molecule has 0 spiro atoms. The van der Waals surface area contributed by atoms with Gasteiger partial charge in [-0.05, 0) is 34.1 Å². The van der Waals surface area contributed by atoms with Gasteiger partial charge in [-0.1, -0.05) is 5.16 Å². The fourth-order valence-corrected chi connectivity index (χ4v) is 2.34. The third-order valence-electron chi connectivity index (χ3n) is 3.06. The second-order valence-electron chi connectivity index (χ2n) is 4.39. The molecule has 3 rings (SSSR count). The van der Waals surface area contributed by atoms with Crippen molar-refractivity contribution in [3.8, 4) is 11.4 Å². The third-order valence-corrected chi connectivity index (χ3v) is 3.67. The van der Waals surface area contributed by atoms with E-state index in [1.54, 1.807) is 12.1 Å². The zero-order valence-corrected chi connectivity index (χ0v) is 11.4. The Morgan fingerprint density at radius 1 is 1.37 bits per heavy atom. The predicted octanol–water partition coefficient (Wildman–Crippen LogP) is 2.08. The molecule has 2 aromatic rings. The molecule has 100 valence electrons. The van der Waals surface area contributed by atoms with Crippen LogP contribution in [0.25, 0.3) is 11.4 Å². The Balaban J connectivity index is 1.90. The van der Waals surface area contributed by atoms with E-state index in [9.17, 15) is 4.39 Å². The third kappa shape index (κ3) is 2.41. The van der Waals surface area contributed by atoms with Crippen molar-refractivity contribution in [2.75, 3.05) is 13.2 Å². The van der Waals surface area contributed by atoms with Gasteiger partial charge in [0.25, 0.3) is 0 Å². The normalized spacial score (nSPS) is 22.9. The number of nitrogens with two attached hydrogens (primary N) is 1. The molecule has 1 aliphatic rings. The summed E-state index contributed by atoms with van der Waals surface area (Å²) in [6, 6.07) is 4.42. The number of aromatic nitrogens is 2. The van der Waals surface area contributed by atoms with E-state index in [2.05, 4.69) is 26.1 Å². The number of rotatable bonds is 2. The zero-order valence-electron chi connectivity index (χ0n) is 9.85. The molecule has 1 aromatic heterocycles. The molecular formula is C12H11BrFN3O2. The first-order chi connectivity index (χ1) is 9.15. The van der Waals surface area contributed by atoms with Crippen molar-refractivity contribution >= 4 is 15.9 Å². The highest BCUT2D eigenvalue weighted by atomic mass is 79.9. The molecule has 0 aliphatic carbocycles. The first-order valence-electron chi connectivity index (χ1n) is 5.77. The minimum atomic E-state index is -0.335. The Kier molecular flexibility index (Phi) is 3.34. The zero-order chi connectivity index (χ0) is 13.4. The summed E-state index contributed by atoms with van der Waals surface area (Å²) in [5.74, 6) is 0.457. The highest BCUT2D eigenvalue weighted by Gasteiger charge is 2.31. The van der Waals surface area contributed by atoms with Crippen LogP contribution in [-0.4, -0.2) is 29.4 Å². The molecule has 2 N–H and O–H groups in total. The largest absolute Gasteiger partial charge is 0.379 e. The van der Waals surface area contributed by atoms with Crippen LogP contribution in [0.3, 0.4) is 0 Å². The van der Waals surface area contributed by atoms with Crippen molar-refractivity contribution in [2.24, 2.45) is 5.73 Å². The van der Waals surface area contributed by atoms with Gasteiger partial charge in [0.1, 0.15) is 5.82 Å². The van der Waals surface area contributed by atoms with Crippen LogP contribution in [0.5, 0.6) is 0 Å². The Hall–Kier alpha value is -1.31. The van der Waals surface area contributed by atoms with Crippen molar-refractivity contribution in [3.63, 3.8) is 0 Å². The second kappa shape index (κ2) is 4.99. The van der Waals surface area contributed by atoms with Gasteiger partial charge in [0.15, 0.2) is 0 Å². The lowest BCUT2D eigenvalue weighted by molar-refractivity contribution is 0.187. The number of halogens is 2. The summed E-state index contributed by atoms with van der Waals surface area (Å²) in [6.07, 6.45) is 0. The molecule has 2 unspecified atom stereocenters. The SMILES string of the molecule is NC1COCC1c1nc(-c2ccc(F)c(Br)c2)no1. The summed E-state index contributed by atoms with van der Waals surface area (Å²) >= 11 is 3.12. The minimum absolute atomic E-state index is 0.0786. The van der Waals surface area contributed by atoms with E-state index < -0.39 is 0 Å². The van der Waals surface area contributed by atoms with Crippen LogP contribution in [0.15, 0.2) is 27.2 Å². The second-order valence-corrected chi connectivity index (χ2v) is 5.25. The quantitative estimate of drug-likeness (QED) is 0.914. The van der Waals surface area contributed by atoms with Gasteiger partial charge in [-0.25, -0.2) is 4.39 Å². The summed E-state index contributed by atoms with van der Waals surface area (Å²) in [5, 5.41) is 3.90. The highest BCUT2D eigenvalue weighted by Crippen LogP contribution is 2.27. The van der Waals surface area contributed by atoms with E-state index >= 15 is 0 Å². The molecule has 0 saturated carbocycles.